The number of halogens is 2. The van der Waals surface area contributed by atoms with Gasteiger partial charge in [0.15, 0.2) is 0 Å². The average Bonchev–Trinajstić information content (AvgIpc) is 2.59. The highest BCUT2D eigenvalue weighted by Crippen LogP contribution is 2.08. The average molecular weight is 312 g/mol. The van der Waals surface area contributed by atoms with Gasteiger partial charge in [-0.1, -0.05) is 31.9 Å². The van der Waals surface area contributed by atoms with E-state index in [9.17, 15) is 0 Å². The van der Waals surface area contributed by atoms with Crippen LogP contribution in [0.15, 0.2) is 12.4 Å². The van der Waals surface area contributed by atoms with Crippen LogP contribution < -0.4 is 0 Å². The van der Waals surface area contributed by atoms with Crippen LogP contribution in [-0.2, 0) is 0 Å². The predicted molar refractivity (Wildman–Crippen MR) is 64.2 cm³/mol. The number of hydrogen-bond acceptors (Lipinski definition) is 2. The number of nitrogens with zero attached hydrogens (tertiary/aromatic N) is 2. The fourth-order valence-electron chi connectivity index (χ4n) is 1.33. The molecule has 1 heterocycles. The zero-order valence-electron chi connectivity index (χ0n) is 7.75. The van der Waals surface area contributed by atoms with Gasteiger partial charge < -0.3 is 9.80 Å². The standard InChI is InChI=1S/C9H16Br2N2/c10-3-1-5-12-7-8-13(9-12)6-2-4-11/h7-8H,1-6,9H2. The van der Waals surface area contributed by atoms with Crippen molar-refractivity contribution in [3.05, 3.63) is 12.4 Å². The van der Waals surface area contributed by atoms with Crippen molar-refractivity contribution in [3.63, 3.8) is 0 Å². The summed E-state index contributed by atoms with van der Waals surface area (Å²) in [6.45, 7) is 3.39. The summed E-state index contributed by atoms with van der Waals surface area (Å²) in [5.41, 5.74) is 0. The monoisotopic (exact) mass is 310 g/mol. The van der Waals surface area contributed by atoms with Crippen molar-refractivity contribution in [2.45, 2.75) is 12.8 Å². The molecular formula is C9H16Br2N2. The highest BCUT2D eigenvalue weighted by atomic mass is 79.9. The number of hydrogen-bond donors (Lipinski definition) is 0. The summed E-state index contributed by atoms with van der Waals surface area (Å²) in [6, 6.07) is 0. The minimum atomic E-state index is 1.07. The highest BCUT2D eigenvalue weighted by molar-refractivity contribution is 9.09. The Bertz CT molecular complexity index is 146. The Morgan fingerprint density at radius 3 is 1.77 bits per heavy atom. The van der Waals surface area contributed by atoms with E-state index in [0.29, 0.717) is 0 Å². The molecule has 0 aromatic carbocycles. The van der Waals surface area contributed by atoms with E-state index in [0.717, 1.165) is 30.4 Å². The van der Waals surface area contributed by atoms with Crippen molar-refractivity contribution in [2.75, 3.05) is 30.4 Å². The lowest BCUT2D eigenvalue weighted by Crippen LogP contribution is -2.27. The van der Waals surface area contributed by atoms with Gasteiger partial charge in [-0.3, -0.25) is 0 Å². The lowest BCUT2D eigenvalue weighted by Gasteiger charge is -2.20. The van der Waals surface area contributed by atoms with E-state index in [1.807, 2.05) is 0 Å². The van der Waals surface area contributed by atoms with Gasteiger partial charge in [0.05, 0.1) is 6.67 Å². The van der Waals surface area contributed by atoms with E-state index in [1.165, 1.54) is 12.8 Å². The van der Waals surface area contributed by atoms with Crippen LogP contribution >= 0.6 is 31.9 Å². The number of alkyl halides is 2. The Morgan fingerprint density at radius 1 is 0.923 bits per heavy atom. The highest BCUT2D eigenvalue weighted by Gasteiger charge is 2.10. The molecule has 0 spiro atoms. The molecule has 0 amide bonds. The molecule has 0 atom stereocenters. The van der Waals surface area contributed by atoms with Gasteiger partial charge in [-0.2, -0.15) is 0 Å². The van der Waals surface area contributed by atoms with Crippen molar-refractivity contribution in [3.8, 4) is 0 Å². The first-order valence-corrected chi connectivity index (χ1v) is 6.89. The van der Waals surface area contributed by atoms with E-state index < -0.39 is 0 Å². The van der Waals surface area contributed by atoms with Crippen molar-refractivity contribution < 1.29 is 0 Å². The van der Waals surface area contributed by atoms with Crippen molar-refractivity contribution >= 4 is 31.9 Å². The zero-order valence-corrected chi connectivity index (χ0v) is 10.9. The molecular weight excluding hydrogens is 296 g/mol. The second-order valence-corrected chi connectivity index (χ2v) is 4.74. The molecule has 0 saturated heterocycles. The normalized spacial score (nSPS) is 15.8. The second kappa shape index (κ2) is 6.71. The van der Waals surface area contributed by atoms with Crippen LogP contribution in [0.1, 0.15) is 12.8 Å². The van der Waals surface area contributed by atoms with Crippen molar-refractivity contribution in [2.24, 2.45) is 0 Å². The largest absolute Gasteiger partial charge is 0.359 e. The molecule has 0 aromatic heterocycles. The minimum Gasteiger partial charge on any atom is -0.359 e. The van der Waals surface area contributed by atoms with Gasteiger partial charge in [0.1, 0.15) is 0 Å². The Hall–Kier alpha value is 0.300. The molecule has 13 heavy (non-hydrogen) atoms. The molecule has 0 aromatic rings. The summed E-state index contributed by atoms with van der Waals surface area (Å²) in [5, 5.41) is 2.19. The molecule has 1 aliphatic heterocycles. The zero-order chi connectivity index (χ0) is 9.52. The molecule has 0 unspecified atom stereocenters. The molecule has 0 aliphatic carbocycles. The summed E-state index contributed by atoms with van der Waals surface area (Å²) in [7, 11) is 0. The van der Waals surface area contributed by atoms with Crippen LogP contribution in [0.25, 0.3) is 0 Å². The molecule has 4 heteroatoms. The summed E-state index contributed by atoms with van der Waals surface area (Å²) in [5.74, 6) is 0. The van der Waals surface area contributed by atoms with Gasteiger partial charge in [-0.25, -0.2) is 0 Å². The van der Waals surface area contributed by atoms with Crippen LogP contribution in [-0.4, -0.2) is 40.2 Å². The lowest BCUT2D eigenvalue weighted by molar-refractivity contribution is 0.267. The third kappa shape index (κ3) is 4.36. The van der Waals surface area contributed by atoms with Gasteiger partial charge in [-0.15, -0.1) is 0 Å². The summed E-state index contributed by atoms with van der Waals surface area (Å²) < 4.78 is 0. The fraction of sp³-hybridized carbons (Fsp3) is 0.778. The first-order valence-electron chi connectivity index (χ1n) is 4.65. The summed E-state index contributed by atoms with van der Waals surface area (Å²) in [6.07, 6.45) is 6.82. The molecule has 0 fully saturated rings. The molecule has 1 rings (SSSR count). The van der Waals surface area contributed by atoms with E-state index in [4.69, 9.17) is 0 Å². The van der Waals surface area contributed by atoms with Crippen LogP contribution in [0, 0.1) is 0 Å². The summed E-state index contributed by atoms with van der Waals surface area (Å²) >= 11 is 6.89. The third-order valence-corrected chi connectivity index (χ3v) is 3.13. The Labute approximate surface area is 97.2 Å². The van der Waals surface area contributed by atoms with Gasteiger partial charge in [-0.05, 0) is 12.8 Å². The maximum Gasteiger partial charge on any atom is 0.0893 e. The molecule has 0 bridgehead atoms. The first kappa shape index (κ1) is 11.4. The van der Waals surface area contributed by atoms with E-state index in [2.05, 4.69) is 54.1 Å². The molecule has 0 N–H and O–H groups in total. The maximum absolute atomic E-state index is 3.44. The lowest BCUT2D eigenvalue weighted by atomic mass is 10.4. The SMILES string of the molecule is BrCCCN1C=CN(CCCBr)C1. The second-order valence-electron chi connectivity index (χ2n) is 3.15. The fourth-order valence-corrected chi connectivity index (χ4v) is 1.83. The molecule has 76 valence electrons. The Morgan fingerprint density at radius 2 is 1.38 bits per heavy atom. The van der Waals surface area contributed by atoms with E-state index in [1.54, 1.807) is 0 Å². The molecule has 0 radical (unpaired) electrons. The summed E-state index contributed by atoms with van der Waals surface area (Å²) in [4.78, 5) is 4.71. The topological polar surface area (TPSA) is 6.48 Å². The smallest absolute Gasteiger partial charge is 0.0893 e. The molecule has 0 saturated carbocycles. The molecule has 1 aliphatic rings. The van der Waals surface area contributed by atoms with Crippen LogP contribution in [0.4, 0.5) is 0 Å². The maximum atomic E-state index is 3.44. The van der Waals surface area contributed by atoms with Crippen molar-refractivity contribution in [1.29, 1.82) is 0 Å². The van der Waals surface area contributed by atoms with Crippen LogP contribution in [0.3, 0.4) is 0 Å². The van der Waals surface area contributed by atoms with Gasteiger partial charge >= 0.3 is 0 Å². The first-order chi connectivity index (χ1) is 6.36. The van der Waals surface area contributed by atoms with Gasteiger partial charge in [0, 0.05) is 36.1 Å². The van der Waals surface area contributed by atoms with E-state index >= 15 is 0 Å². The quantitative estimate of drug-likeness (QED) is 0.696. The third-order valence-electron chi connectivity index (χ3n) is 2.01. The van der Waals surface area contributed by atoms with Crippen LogP contribution in [0.2, 0.25) is 0 Å². The van der Waals surface area contributed by atoms with Crippen molar-refractivity contribution in [1.82, 2.24) is 9.80 Å². The Balaban J connectivity index is 2.10. The predicted octanol–water partition coefficient (Wildman–Crippen LogP) is 2.60. The van der Waals surface area contributed by atoms with Gasteiger partial charge in [0.2, 0.25) is 0 Å². The van der Waals surface area contributed by atoms with Gasteiger partial charge in [0.25, 0.3) is 0 Å². The minimum absolute atomic E-state index is 1.07. The Kier molecular flexibility index (Phi) is 5.87. The van der Waals surface area contributed by atoms with E-state index in [-0.39, 0.29) is 0 Å². The number of rotatable bonds is 6. The molecule has 2 nitrogen and oxygen atoms in total. The van der Waals surface area contributed by atoms with Crippen LogP contribution in [0.5, 0.6) is 0 Å².